The third kappa shape index (κ3) is 6.46. The van der Waals surface area contributed by atoms with Crippen molar-refractivity contribution < 1.29 is 14.6 Å². The molecular weight excluding hydrogens is 336 g/mol. The van der Waals surface area contributed by atoms with Crippen LogP contribution in [0.2, 0.25) is 0 Å². The molecule has 1 aromatic rings. The maximum absolute atomic E-state index is 11.6. The summed E-state index contributed by atoms with van der Waals surface area (Å²) in [6.07, 6.45) is -0.630. The van der Waals surface area contributed by atoms with Crippen LogP contribution in [0.25, 0.3) is 0 Å². The summed E-state index contributed by atoms with van der Waals surface area (Å²) >= 11 is 3.35. The maximum Gasteiger partial charge on any atom is 0.226 e. The third-order valence-electron chi connectivity index (χ3n) is 3.04. The zero-order valence-electron chi connectivity index (χ0n) is 12.6. The van der Waals surface area contributed by atoms with E-state index in [-0.39, 0.29) is 12.5 Å². The second-order valence-corrected chi connectivity index (χ2v) is 6.43. The monoisotopic (exact) mass is 358 g/mol. The Labute approximate surface area is 134 Å². The fourth-order valence-corrected chi connectivity index (χ4v) is 2.02. The van der Waals surface area contributed by atoms with Crippen molar-refractivity contribution in [2.75, 3.05) is 26.7 Å². The number of benzene rings is 1. The fraction of sp³-hybridized carbons (Fsp3) is 0.533. The van der Waals surface area contributed by atoms with E-state index >= 15 is 0 Å². The van der Waals surface area contributed by atoms with Crippen LogP contribution >= 0.6 is 15.9 Å². The van der Waals surface area contributed by atoms with Gasteiger partial charge in [0.1, 0.15) is 18.5 Å². The SMILES string of the molecule is CNC(=O)C(C)(C)CNCC(O)COc1ccc(Br)cc1. The van der Waals surface area contributed by atoms with Gasteiger partial charge < -0.3 is 20.5 Å². The number of carbonyl (C=O) groups is 1. The smallest absolute Gasteiger partial charge is 0.226 e. The maximum atomic E-state index is 11.6. The Balaban J connectivity index is 2.26. The topological polar surface area (TPSA) is 70.6 Å². The minimum Gasteiger partial charge on any atom is -0.491 e. The van der Waals surface area contributed by atoms with Crippen LogP contribution in [0.4, 0.5) is 0 Å². The molecule has 0 aliphatic heterocycles. The van der Waals surface area contributed by atoms with Gasteiger partial charge in [0, 0.05) is 24.6 Å². The molecule has 1 atom stereocenters. The standard InChI is InChI=1S/C15H23BrN2O3/c1-15(2,14(20)17-3)10-18-8-12(19)9-21-13-6-4-11(16)5-7-13/h4-7,12,18-19H,8-10H2,1-3H3,(H,17,20). The molecule has 0 aliphatic rings. The number of hydrogen-bond donors (Lipinski definition) is 3. The van der Waals surface area contributed by atoms with Crippen LogP contribution in [0.3, 0.4) is 0 Å². The molecule has 0 spiro atoms. The van der Waals surface area contributed by atoms with Crippen molar-refractivity contribution in [3.05, 3.63) is 28.7 Å². The number of amides is 1. The second-order valence-electron chi connectivity index (χ2n) is 5.51. The lowest BCUT2D eigenvalue weighted by atomic mass is 9.92. The average Bonchev–Trinajstić information content (AvgIpc) is 2.45. The van der Waals surface area contributed by atoms with Crippen LogP contribution in [0.15, 0.2) is 28.7 Å². The molecule has 0 saturated heterocycles. The fourth-order valence-electron chi connectivity index (χ4n) is 1.75. The molecule has 0 bridgehead atoms. The van der Waals surface area contributed by atoms with Crippen molar-refractivity contribution in [3.8, 4) is 5.75 Å². The molecule has 118 valence electrons. The Morgan fingerprint density at radius 3 is 2.57 bits per heavy atom. The van der Waals surface area contributed by atoms with Crippen molar-refractivity contribution in [2.24, 2.45) is 5.41 Å². The molecule has 1 amide bonds. The largest absolute Gasteiger partial charge is 0.491 e. The highest BCUT2D eigenvalue weighted by Crippen LogP contribution is 2.16. The lowest BCUT2D eigenvalue weighted by Crippen LogP contribution is -2.44. The van der Waals surface area contributed by atoms with E-state index < -0.39 is 11.5 Å². The van der Waals surface area contributed by atoms with Gasteiger partial charge in [-0.3, -0.25) is 4.79 Å². The van der Waals surface area contributed by atoms with Gasteiger partial charge in [-0.25, -0.2) is 0 Å². The van der Waals surface area contributed by atoms with Gasteiger partial charge in [0.05, 0.1) is 5.41 Å². The van der Waals surface area contributed by atoms with Crippen molar-refractivity contribution >= 4 is 21.8 Å². The molecule has 0 saturated carbocycles. The molecule has 0 aliphatic carbocycles. The van der Waals surface area contributed by atoms with E-state index in [4.69, 9.17) is 4.74 Å². The Kier molecular flexibility index (Phi) is 7.14. The molecule has 0 aromatic heterocycles. The molecular formula is C15H23BrN2O3. The first-order valence-corrected chi connectivity index (χ1v) is 7.64. The molecule has 1 unspecified atom stereocenters. The van der Waals surface area contributed by atoms with Crippen LogP contribution in [0.5, 0.6) is 5.75 Å². The van der Waals surface area contributed by atoms with E-state index in [0.29, 0.717) is 18.8 Å². The summed E-state index contributed by atoms with van der Waals surface area (Å²) in [5, 5.41) is 15.6. The number of carbonyl (C=O) groups excluding carboxylic acids is 1. The Morgan fingerprint density at radius 1 is 1.38 bits per heavy atom. The quantitative estimate of drug-likeness (QED) is 0.659. The van der Waals surface area contributed by atoms with Gasteiger partial charge in [-0.1, -0.05) is 15.9 Å². The first-order chi connectivity index (χ1) is 9.85. The molecule has 0 heterocycles. The van der Waals surface area contributed by atoms with E-state index in [1.165, 1.54) is 0 Å². The Morgan fingerprint density at radius 2 is 2.00 bits per heavy atom. The number of hydrogen-bond acceptors (Lipinski definition) is 4. The predicted octanol–water partition coefficient (Wildman–Crippen LogP) is 1.55. The highest BCUT2D eigenvalue weighted by molar-refractivity contribution is 9.10. The highest BCUT2D eigenvalue weighted by Gasteiger charge is 2.26. The van der Waals surface area contributed by atoms with Crippen LogP contribution in [0.1, 0.15) is 13.8 Å². The normalized spacial score (nSPS) is 12.8. The minimum atomic E-state index is -0.630. The molecule has 6 heteroatoms. The minimum absolute atomic E-state index is 0.0318. The highest BCUT2D eigenvalue weighted by atomic mass is 79.9. The summed E-state index contributed by atoms with van der Waals surface area (Å²) in [6, 6.07) is 7.43. The molecule has 1 rings (SSSR count). The van der Waals surface area contributed by atoms with Crippen LogP contribution in [-0.4, -0.2) is 43.9 Å². The van der Waals surface area contributed by atoms with E-state index in [1.807, 2.05) is 38.1 Å². The molecule has 1 aromatic carbocycles. The lowest BCUT2D eigenvalue weighted by molar-refractivity contribution is -0.128. The molecule has 0 fully saturated rings. The van der Waals surface area contributed by atoms with Gasteiger partial charge in [-0.2, -0.15) is 0 Å². The summed E-state index contributed by atoms with van der Waals surface area (Å²) in [5.41, 5.74) is -0.513. The van der Waals surface area contributed by atoms with E-state index in [1.54, 1.807) is 7.05 Å². The summed E-state index contributed by atoms with van der Waals surface area (Å²) in [5.74, 6) is 0.679. The van der Waals surface area contributed by atoms with E-state index in [2.05, 4.69) is 26.6 Å². The Hall–Kier alpha value is -1.11. The van der Waals surface area contributed by atoms with Gasteiger partial charge in [-0.05, 0) is 38.1 Å². The first kappa shape index (κ1) is 17.9. The number of nitrogens with one attached hydrogen (secondary N) is 2. The zero-order valence-corrected chi connectivity index (χ0v) is 14.2. The summed E-state index contributed by atoms with van der Waals surface area (Å²) < 4.78 is 6.46. The molecule has 0 radical (unpaired) electrons. The van der Waals surface area contributed by atoms with Crippen LogP contribution < -0.4 is 15.4 Å². The number of rotatable bonds is 8. The van der Waals surface area contributed by atoms with Crippen LogP contribution in [-0.2, 0) is 4.79 Å². The molecule has 5 nitrogen and oxygen atoms in total. The lowest BCUT2D eigenvalue weighted by Gasteiger charge is -2.23. The zero-order chi connectivity index (χ0) is 15.9. The molecule has 21 heavy (non-hydrogen) atoms. The van der Waals surface area contributed by atoms with E-state index in [0.717, 1.165) is 4.47 Å². The van der Waals surface area contributed by atoms with Crippen LogP contribution in [0, 0.1) is 5.41 Å². The predicted molar refractivity (Wildman–Crippen MR) is 86.4 cm³/mol. The summed E-state index contributed by atoms with van der Waals surface area (Å²) in [6.45, 7) is 4.76. The van der Waals surface area contributed by atoms with Crippen molar-refractivity contribution in [1.29, 1.82) is 0 Å². The number of aliphatic hydroxyl groups excluding tert-OH is 1. The first-order valence-electron chi connectivity index (χ1n) is 6.84. The molecule has 3 N–H and O–H groups in total. The Bertz CT molecular complexity index is 449. The van der Waals surface area contributed by atoms with Crippen molar-refractivity contribution in [1.82, 2.24) is 10.6 Å². The van der Waals surface area contributed by atoms with Gasteiger partial charge >= 0.3 is 0 Å². The average molecular weight is 359 g/mol. The summed E-state index contributed by atoms with van der Waals surface area (Å²) in [4.78, 5) is 11.6. The van der Waals surface area contributed by atoms with E-state index in [9.17, 15) is 9.90 Å². The van der Waals surface area contributed by atoms with Gasteiger partial charge in [0.25, 0.3) is 0 Å². The van der Waals surface area contributed by atoms with Gasteiger partial charge in [-0.15, -0.1) is 0 Å². The number of halogens is 1. The summed E-state index contributed by atoms with van der Waals surface area (Å²) in [7, 11) is 1.62. The second kappa shape index (κ2) is 8.36. The third-order valence-corrected chi connectivity index (χ3v) is 3.57. The van der Waals surface area contributed by atoms with Gasteiger partial charge in [0.2, 0.25) is 5.91 Å². The van der Waals surface area contributed by atoms with Gasteiger partial charge in [0.15, 0.2) is 0 Å². The number of ether oxygens (including phenoxy) is 1. The van der Waals surface area contributed by atoms with Crippen molar-refractivity contribution in [3.63, 3.8) is 0 Å². The van der Waals surface area contributed by atoms with Crippen molar-refractivity contribution in [2.45, 2.75) is 20.0 Å². The number of aliphatic hydroxyl groups is 1.